The number of hydrogen-bond donors (Lipinski definition) is 1. The second kappa shape index (κ2) is 5.53. The van der Waals surface area contributed by atoms with Crippen LogP contribution in [0.1, 0.15) is 39.0 Å². The van der Waals surface area contributed by atoms with Crippen molar-refractivity contribution in [2.24, 2.45) is 0 Å². The van der Waals surface area contributed by atoms with Crippen molar-refractivity contribution in [2.75, 3.05) is 18.0 Å². The Balaban J connectivity index is 1.92. The van der Waals surface area contributed by atoms with E-state index in [1.165, 1.54) is 25.7 Å². The molecule has 1 aliphatic carbocycles. The van der Waals surface area contributed by atoms with Gasteiger partial charge in [0.15, 0.2) is 5.82 Å². The Morgan fingerprint density at radius 2 is 2.15 bits per heavy atom. The van der Waals surface area contributed by atoms with Crippen molar-refractivity contribution in [3.8, 4) is 0 Å². The zero-order valence-corrected chi connectivity index (χ0v) is 12.7. The third kappa shape index (κ3) is 2.42. The van der Waals surface area contributed by atoms with Crippen LogP contribution in [-0.4, -0.2) is 24.7 Å². The normalized spacial score (nSPS) is 25.4. The van der Waals surface area contributed by atoms with Gasteiger partial charge in [-0.1, -0.05) is 37.4 Å². The minimum Gasteiger partial charge on any atom is -0.363 e. The number of nitrogens with one attached hydrogen (secondary N) is 1. The Morgan fingerprint density at radius 1 is 1.40 bits per heavy atom. The van der Waals surface area contributed by atoms with Gasteiger partial charge in [-0.25, -0.2) is 4.39 Å². The minimum atomic E-state index is -0.275. The van der Waals surface area contributed by atoms with Gasteiger partial charge in [-0.15, -0.1) is 0 Å². The summed E-state index contributed by atoms with van der Waals surface area (Å²) in [7, 11) is 0. The number of piperazine rings is 1. The van der Waals surface area contributed by atoms with Crippen molar-refractivity contribution < 1.29 is 4.39 Å². The van der Waals surface area contributed by atoms with Crippen LogP contribution in [0.3, 0.4) is 0 Å². The van der Waals surface area contributed by atoms with Crippen LogP contribution in [0.2, 0.25) is 5.02 Å². The maximum atomic E-state index is 14.4. The molecule has 2 fully saturated rings. The smallest absolute Gasteiger partial charge is 0.165 e. The predicted molar refractivity (Wildman–Crippen MR) is 82.0 cm³/mol. The Kier molecular flexibility index (Phi) is 3.91. The molecule has 1 aliphatic heterocycles. The van der Waals surface area contributed by atoms with E-state index in [0.29, 0.717) is 11.7 Å². The summed E-state index contributed by atoms with van der Waals surface area (Å²) in [6.45, 7) is 3.99. The topological polar surface area (TPSA) is 15.3 Å². The highest BCUT2D eigenvalue weighted by atomic mass is 35.5. The van der Waals surface area contributed by atoms with Gasteiger partial charge in [-0.3, -0.25) is 0 Å². The van der Waals surface area contributed by atoms with Gasteiger partial charge in [0.1, 0.15) is 0 Å². The summed E-state index contributed by atoms with van der Waals surface area (Å²) < 4.78 is 14.4. The van der Waals surface area contributed by atoms with Crippen molar-refractivity contribution in [2.45, 2.75) is 50.6 Å². The molecule has 0 bridgehead atoms. The average Bonchev–Trinajstić information content (AvgIpc) is 2.90. The average molecular weight is 297 g/mol. The Bertz CT molecular complexity index is 485. The fourth-order valence-electron chi connectivity index (χ4n) is 3.70. The van der Waals surface area contributed by atoms with Gasteiger partial charge in [0, 0.05) is 24.7 Å². The molecule has 2 aliphatic rings. The highest BCUT2D eigenvalue weighted by molar-refractivity contribution is 6.31. The van der Waals surface area contributed by atoms with E-state index in [1.807, 2.05) is 12.1 Å². The number of anilines is 1. The number of hydrogen-bond acceptors (Lipinski definition) is 2. The lowest BCUT2D eigenvalue weighted by atomic mass is 9.91. The summed E-state index contributed by atoms with van der Waals surface area (Å²) in [5, 5.41) is 3.95. The Morgan fingerprint density at radius 3 is 2.85 bits per heavy atom. The molecule has 0 aromatic heterocycles. The standard InChI is InChI=1S/C16H22ClFN2/c1-2-12-10-19-16(8-3-4-9-16)11-20(12)14-7-5-6-13(17)15(14)18/h5-7,12,19H,2-4,8-11H2,1H3. The lowest BCUT2D eigenvalue weighted by Gasteiger charge is -2.47. The number of halogens is 2. The molecule has 1 aromatic rings. The van der Waals surface area contributed by atoms with Gasteiger partial charge in [-0.05, 0) is 31.4 Å². The fourth-order valence-corrected chi connectivity index (χ4v) is 3.87. The maximum Gasteiger partial charge on any atom is 0.165 e. The summed E-state index contributed by atoms with van der Waals surface area (Å²) in [5.74, 6) is -0.275. The van der Waals surface area contributed by atoms with E-state index in [1.54, 1.807) is 6.07 Å². The van der Waals surface area contributed by atoms with Crippen LogP contribution >= 0.6 is 11.6 Å². The summed E-state index contributed by atoms with van der Waals surface area (Å²) in [6.07, 6.45) is 5.95. The number of benzene rings is 1. The van der Waals surface area contributed by atoms with E-state index in [-0.39, 0.29) is 16.4 Å². The van der Waals surface area contributed by atoms with E-state index >= 15 is 0 Å². The maximum absolute atomic E-state index is 14.4. The molecule has 110 valence electrons. The molecule has 0 radical (unpaired) electrons. The van der Waals surface area contributed by atoms with E-state index in [9.17, 15) is 4.39 Å². The zero-order chi connectivity index (χ0) is 14.2. The first kappa shape index (κ1) is 14.2. The van der Waals surface area contributed by atoms with Crippen molar-refractivity contribution in [3.05, 3.63) is 29.0 Å². The van der Waals surface area contributed by atoms with Crippen molar-refractivity contribution in [3.63, 3.8) is 0 Å². The zero-order valence-electron chi connectivity index (χ0n) is 12.0. The Hall–Kier alpha value is -0.800. The highest BCUT2D eigenvalue weighted by Gasteiger charge is 2.41. The van der Waals surface area contributed by atoms with E-state index < -0.39 is 0 Å². The van der Waals surface area contributed by atoms with E-state index in [2.05, 4.69) is 17.1 Å². The van der Waals surface area contributed by atoms with Crippen molar-refractivity contribution >= 4 is 17.3 Å². The molecular formula is C16H22ClFN2. The van der Waals surface area contributed by atoms with Crippen LogP contribution in [0.5, 0.6) is 0 Å². The number of rotatable bonds is 2. The van der Waals surface area contributed by atoms with Gasteiger partial charge in [0.05, 0.1) is 10.7 Å². The molecule has 1 unspecified atom stereocenters. The third-order valence-corrected chi connectivity index (χ3v) is 5.19. The van der Waals surface area contributed by atoms with Crippen molar-refractivity contribution in [1.82, 2.24) is 5.32 Å². The lowest BCUT2D eigenvalue weighted by Crippen LogP contribution is -2.63. The monoisotopic (exact) mass is 296 g/mol. The molecule has 4 heteroatoms. The Labute approximate surface area is 125 Å². The second-order valence-corrected chi connectivity index (χ2v) is 6.54. The van der Waals surface area contributed by atoms with Gasteiger partial charge < -0.3 is 10.2 Å². The van der Waals surface area contributed by atoms with Crippen LogP contribution in [0, 0.1) is 5.82 Å². The first-order valence-electron chi connectivity index (χ1n) is 7.61. The molecule has 1 saturated carbocycles. The molecule has 1 heterocycles. The van der Waals surface area contributed by atoms with Gasteiger partial charge in [-0.2, -0.15) is 0 Å². The minimum absolute atomic E-state index is 0.181. The lowest BCUT2D eigenvalue weighted by molar-refractivity contribution is 0.266. The van der Waals surface area contributed by atoms with Crippen LogP contribution in [-0.2, 0) is 0 Å². The second-order valence-electron chi connectivity index (χ2n) is 6.13. The molecular weight excluding hydrogens is 275 g/mol. The molecule has 1 spiro atoms. The van der Waals surface area contributed by atoms with Gasteiger partial charge in [0.25, 0.3) is 0 Å². The summed E-state index contributed by atoms with van der Waals surface area (Å²) in [5.41, 5.74) is 0.845. The van der Waals surface area contributed by atoms with Gasteiger partial charge >= 0.3 is 0 Å². The van der Waals surface area contributed by atoms with Crippen LogP contribution < -0.4 is 10.2 Å². The van der Waals surface area contributed by atoms with Gasteiger partial charge in [0.2, 0.25) is 0 Å². The first-order valence-corrected chi connectivity index (χ1v) is 7.99. The van der Waals surface area contributed by atoms with Crippen LogP contribution in [0.4, 0.5) is 10.1 Å². The summed E-state index contributed by atoms with van der Waals surface area (Å²) in [4.78, 5) is 2.24. The van der Waals surface area contributed by atoms with Crippen LogP contribution in [0.25, 0.3) is 0 Å². The molecule has 3 rings (SSSR count). The molecule has 1 aromatic carbocycles. The molecule has 1 N–H and O–H groups in total. The predicted octanol–water partition coefficient (Wildman–Crippen LogP) is 3.98. The highest BCUT2D eigenvalue weighted by Crippen LogP contribution is 2.37. The molecule has 20 heavy (non-hydrogen) atoms. The molecule has 1 saturated heterocycles. The molecule has 2 nitrogen and oxygen atoms in total. The number of nitrogens with zero attached hydrogens (tertiary/aromatic N) is 1. The largest absolute Gasteiger partial charge is 0.363 e. The molecule has 1 atom stereocenters. The summed E-state index contributed by atoms with van der Waals surface area (Å²) >= 11 is 5.96. The first-order chi connectivity index (χ1) is 9.65. The van der Waals surface area contributed by atoms with Crippen molar-refractivity contribution in [1.29, 1.82) is 0 Å². The molecule has 0 amide bonds. The third-order valence-electron chi connectivity index (χ3n) is 4.90. The summed E-state index contributed by atoms with van der Waals surface area (Å²) in [6, 6.07) is 5.66. The fraction of sp³-hybridized carbons (Fsp3) is 0.625. The van der Waals surface area contributed by atoms with E-state index in [0.717, 1.165) is 19.5 Å². The quantitative estimate of drug-likeness (QED) is 0.888. The van der Waals surface area contributed by atoms with E-state index in [4.69, 9.17) is 11.6 Å². The van der Waals surface area contributed by atoms with Crippen LogP contribution in [0.15, 0.2) is 18.2 Å². The SMILES string of the molecule is CCC1CNC2(CCCC2)CN1c1cccc(Cl)c1F.